The van der Waals surface area contributed by atoms with Gasteiger partial charge >= 0.3 is 0 Å². The molecule has 5 unspecified atom stereocenters. The molecule has 1 aromatic carbocycles. The number of fused-ring (bicyclic) bond motifs is 2. The first-order chi connectivity index (χ1) is 20.6. The number of nitrogens with zero attached hydrogens (tertiary/aromatic N) is 2. The van der Waals surface area contributed by atoms with Gasteiger partial charge in [0.1, 0.15) is 24.5 Å². The Morgan fingerprint density at radius 1 is 1.09 bits per heavy atom. The minimum Gasteiger partial charge on any atom is -0.387 e. The van der Waals surface area contributed by atoms with Crippen molar-refractivity contribution in [3.63, 3.8) is 0 Å². The molecular formula is C31H54N8O4. The quantitative estimate of drug-likeness (QED) is 0.178. The number of aliphatic hydroxyl groups is 2. The van der Waals surface area contributed by atoms with E-state index in [0.29, 0.717) is 44.5 Å². The number of benzene rings is 1. The van der Waals surface area contributed by atoms with Crippen molar-refractivity contribution in [2.24, 2.45) is 11.7 Å². The largest absolute Gasteiger partial charge is 0.387 e. The standard InChI is InChI=1S/C31H54N8O4/c1-17(2)38(13-23-26(40)27(41)30(43-23)39-16-35-25-28(32)33-15-34-29(25)39)20-10-18(11-20)6-9-24-36-21-8-7-19(12-22(21)37-24)31(3,4)14-42-5/h7-8,12,17-18,20,23-30,33-37,40-41H,6,9-11,13-16,32H2,1-5H3/t18?,20?,23-,24?,25?,26-,27-,28?,29?,30?/m1/s1. The molecule has 8 atom stereocenters. The molecule has 0 radical (unpaired) electrons. The fourth-order valence-corrected chi connectivity index (χ4v) is 7.81. The summed E-state index contributed by atoms with van der Waals surface area (Å²) < 4.78 is 11.8. The summed E-state index contributed by atoms with van der Waals surface area (Å²) in [5.41, 5.74) is 9.84. The highest BCUT2D eigenvalue weighted by Gasteiger charge is 2.52. The zero-order valence-electron chi connectivity index (χ0n) is 26.4. The summed E-state index contributed by atoms with van der Waals surface area (Å²) >= 11 is 0. The van der Waals surface area contributed by atoms with Crippen LogP contribution in [0.3, 0.4) is 0 Å². The number of hydrogen-bond acceptors (Lipinski definition) is 12. The maximum atomic E-state index is 11.0. The number of aliphatic hydroxyl groups excluding tert-OH is 2. The molecule has 1 aromatic rings. The molecule has 5 aliphatic rings. The van der Waals surface area contributed by atoms with E-state index in [4.69, 9.17) is 15.2 Å². The topological polar surface area (TPSA) is 152 Å². The highest BCUT2D eigenvalue weighted by molar-refractivity contribution is 5.75. The third-order valence-corrected chi connectivity index (χ3v) is 10.5. The lowest BCUT2D eigenvalue weighted by Gasteiger charge is -2.46. The number of methoxy groups -OCH3 is 1. The van der Waals surface area contributed by atoms with Crippen molar-refractivity contribution in [1.82, 2.24) is 25.8 Å². The van der Waals surface area contributed by atoms with Gasteiger partial charge in [-0.2, -0.15) is 0 Å². The van der Waals surface area contributed by atoms with Gasteiger partial charge in [0.15, 0.2) is 0 Å². The molecule has 0 amide bonds. The lowest BCUT2D eigenvalue weighted by molar-refractivity contribution is -0.112. The Hall–Kier alpha value is -1.58. The molecule has 12 nitrogen and oxygen atoms in total. The highest BCUT2D eigenvalue weighted by Crippen LogP contribution is 2.40. The third kappa shape index (κ3) is 6.29. The van der Waals surface area contributed by atoms with Crippen molar-refractivity contribution in [3.05, 3.63) is 23.8 Å². The second kappa shape index (κ2) is 12.7. The second-order valence-electron chi connectivity index (χ2n) is 14.3. The molecule has 4 heterocycles. The van der Waals surface area contributed by atoms with Gasteiger partial charge in [-0.3, -0.25) is 20.9 Å². The van der Waals surface area contributed by atoms with Crippen LogP contribution in [0.1, 0.15) is 58.9 Å². The van der Waals surface area contributed by atoms with E-state index in [9.17, 15) is 10.2 Å². The number of ether oxygens (including phenoxy) is 2. The Kier molecular flexibility index (Phi) is 9.25. The summed E-state index contributed by atoms with van der Waals surface area (Å²) in [6.07, 6.45) is 1.62. The average Bonchev–Trinajstić information content (AvgIpc) is 3.63. The van der Waals surface area contributed by atoms with E-state index in [2.05, 4.69) is 82.3 Å². The normalized spacial score (nSPS) is 37.7. The Bertz CT molecular complexity index is 1100. The molecule has 3 saturated heterocycles. The van der Waals surface area contributed by atoms with Gasteiger partial charge in [0.05, 0.1) is 49.2 Å². The first-order valence-electron chi connectivity index (χ1n) is 16.2. The maximum absolute atomic E-state index is 11.0. The van der Waals surface area contributed by atoms with Crippen LogP contribution in [0.2, 0.25) is 0 Å². The molecule has 242 valence electrons. The zero-order valence-corrected chi connectivity index (χ0v) is 26.4. The van der Waals surface area contributed by atoms with E-state index < -0.39 is 24.5 Å². The second-order valence-corrected chi connectivity index (χ2v) is 14.3. The van der Waals surface area contributed by atoms with Gasteiger partial charge in [0.2, 0.25) is 0 Å². The Labute approximate surface area is 256 Å². The number of nitrogens with two attached hydrogens (primary N) is 1. The summed E-state index contributed by atoms with van der Waals surface area (Å²) in [6, 6.07) is 7.45. The van der Waals surface area contributed by atoms with Crippen LogP contribution in [0.25, 0.3) is 0 Å². The predicted molar refractivity (Wildman–Crippen MR) is 167 cm³/mol. The maximum Gasteiger partial charge on any atom is 0.142 e. The molecule has 6 rings (SSSR count). The van der Waals surface area contributed by atoms with Crippen LogP contribution in [0.15, 0.2) is 18.2 Å². The lowest BCUT2D eigenvalue weighted by Crippen LogP contribution is -2.68. The minimum atomic E-state index is -0.973. The van der Waals surface area contributed by atoms with E-state index >= 15 is 0 Å². The van der Waals surface area contributed by atoms with Crippen LogP contribution < -0.4 is 32.3 Å². The van der Waals surface area contributed by atoms with Gasteiger partial charge in [-0.05, 0) is 63.1 Å². The lowest BCUT2D eigenvalue weighted by atomic mass is 9.76. The molecule has 0 bridgehead atoms. The van der Waals surface area contributed by atoms with E-state index in [1.54, 1.807) is 7.11 Å². The molecule has 1 aliphatic carbocycles. The summed E-state index contributed by atoms with van der Waals surface area (Å²) in [5, 5.41) is 39.4. The van der Waals surface area contributed by atoms with Gasteiger partial charge in [-0.25, -0.2) is 4.90 Å². The van der Waals surface area contributed by atoms with Crippen molar-refractivity contribution in [1.29, 1.82) is 0 Å². The SMILES string of the molecule is COCC(C)(C)c1ccc2c(c1)NC(CCC1CC(N(C[C@H]3OC(N4CNC5C(N)NCNC54)[C@H](O)[C@@H]3O)C(C)C)C1)N2. The molecule has 1 saturated carbocycles. The van der Waals surface area contributed by atoms with Gasteiger partial charge in [-0.1, -0.05) is 19.9 Å². The van der Waals surface area contributed by atoms with Crippen molar-refractivity contribution >= 4 is 11.4 Å². The van der Waals surface area contributed by atoms with Gasteiger partial charge in [0.25, 0.3) is 0 Å². The van der Waals surface area contributed by atoms with Gasteiger partial charge in [0, 0.05) is 37.8 Å². The fourth-order valence-electron chi connectivity index (χ4n) is 7.81. The van der Waals surface area contributed by atoms with Crippen molar-refractivity contribution < 1.29 is 19.7 Å². The minimum absolute atomic E-state index is 0.00845. The Morgan fingerprint density at radius 2 is 1.86 bits per heavy atom. The van der Waals surface area contributed by atoms with E-state index in [1.807, 2.05) is 0 Å². The van der Waals surface area contributed by atoms with Crippen molar-refractivity contribution in [2.75, 3.05) is 44.2 Å². The molecule has 12 heteroatoms. The molecular weight excluding hydrogens is 548 g/mol. The average molecular weight is 603 g/mol. The molecule has 0 aromatic heterocycles. The first-order valence-corrected chi connectivity index (χ1v) is 16.2. The Morgan fingerprint density at radius 3 is 2.60 bits per heavy atom. The number of anilines is 2. The fraction of sp³-hybridized carbons (Fsp3) is 0.806. The number of hydrogen-bond donors (Lipinski definition) is 8. The number of nitrogens with one attached hydrogen (secondary N) is 5. The summed E-state index contributed by atoms with van der Waals surface area (Å²) in [4.78, 5) is 4.53. The van der Waals surface area contributed by atoms with Crippen molar-refractivity contribution in [2.45, 2.75) is 120 Å². The summed E-state index contributed by atoms with van der Waals surface area (Å²) in [5.74, 6) is 0.685. The highest BCUT2D eigenvalue weighted by atomic mass is 16.6. The third-order valence-electron chi connectivity index (χ3n) is 10.5. The summed E-state index contributed by atoms with van der Waals surface area (Å²) in [6.45, 7) is 11.3. The summed E-state index contributed by atoms with van der Waals surface area (Å²) in [7, 11) is 1.76. The Balaban J connectivity index is 0.978. The zero-order chi connectivity index (χ0) is 30.5. The van der Waals surface area contributed by atoms with Crippen LogP contribution >= 0.6 is 0 Å². The van der Waals surface area contributed by atoms with E-state index in [1.165, 1.54) is 23.4 Å². The molecule has 0 spiro atoms. The predicted octanol–water partition coefficient (Wildman–Crippen LogP) is 0.483. The van der Waals surface area contributed by atoms with Crippen LogP contribution in [-0.4, -0.2) is 115 Å². The molecule has 4 fully saturated rings. The molecule has 9 N–H and O–H groups in total. The van der Waals surface area contributed by atoms with Crippen LogP contribution in [-0.2, 0) is 14.9 Å². The number of rotatable bonds is 11. The van der Waals surface area contributed by atoms with E-state index in [-0.39, 0.29) is 30.0 Å². The van der Waals surface area contributed by atoms with Crippen molar-refractivity contribution in [3.8, 4) is 0 Å². The van der Waals surface area contributed by atoms with Crippen LogP contribution in [0, 0.1) is 5.92 Å². The first kappa shape index (κ1) is 31.4. The van der Waals surface area contributed by atoms with Crippen LogP contribution in [0.4, 0.5) is 11.4 Å². The molecule has 4 aliphatic heterocycles. The smallest absolute Gasteiger partial charge is 0.142 e. The van der Waals surface area contributed by atoms with Gasteiger partial charge in [-0.15, -0.1) is 0 Å². The monoisotopic (exact) mass is 602 g/mol. The van der Waals surface area contributed by atoms with Gasteiger partial charge < -0.3 is 36.1 Å². The van der Waals surface area contributed by atoms with E-state index in [0.717, 1.165) is 19.3 Å². The molecule has 43 heavy (non-hydrogen) atoms. The van der Waals surface area contributed by atoms with Crippen LogP contribution in [0.5, 0.6) is 0 Å².